The van der Waals surface area contributed by atoms with Gasteiger partial charge in [0.1, 0.15) is 0 Å². The van der Waals surface area contributed by atoms with E-state index in [-0.39, 0.29) is 0 Å². The topological polar surface area (TPSA) is 29.3 Å². The molecule has 2 atom stereocenters. The zero-order chi connectivity index (χ0) is 12.3. The van der Waals surface area contributed by atoms with Gasteiger partial charge in [-0.15, -0.1) is 0 Å². The molecule has 0 amide bonds. The Hall–Kier alpha value is -0.130. The minimum absolute atomic E-state index is 0.515. The SMILES string of the molecule is CC(c1ccc(I)cc1)N1CCCC(CN)C1. The number of nitrogens with zero attached hydrogens (tertiary/aromatic N) is 1. The first-order valence-corrected chi connectivity index (χ1v) is 7.48. The predicted molar refractivity (Wildman–Crippen MR) is 80.9 cm³/mol. The van der Waals surface area contributed by atoms with Crippen LogP contribution in [-0.2, 0) is 0 Å². The molecule has 1 saturated heterocycles. The van der Waals surface area contributed by atoms with E-state index in [0.717, 1.165) is 13.1 Å². The summed E-state index contributed by atoms with van der Waals surface area (Å²) >= 11 is 2.35. The van der Waals surface area contributed by atoms with Crippen molar-refractivity contribution in [2.45, 2.75) is 25.8 Å². The van der Waals surface area contributed by atoms with Crippen LogP contribution in [-0.4, -0.2) is 24.5 Å². The van der Waals surface area contributed by atoms with Gasteiger partial charge in [-0.1, -0.05) is 12.1 Å². The summed E-state index contributed by atoms with van der Waals surface area (Å²) in [5.74, 6) is 0.690. The van der Waals surface area contributed by atoms with Crippen molar-refractivity contribution in [3.63, 3.8) is 0 Å². The van der Waals surface area contributed by atoms with Crippen molar-refractivity contribution in [3.8, 4) is 0 Å². The first-order chi connectivity index (χ1) is 8.20. The zero-order valence-electron chi connectivity index (χ0n) is 10.4. The van der Waals surface area contributed by atoms with Gasteiger partial charge >= 0.3 is 0 Å². The lowest BCUT2D eigenvalue weighted by atomic mass is 9.95. The lowest BCUT2D eigenvalue weighted by Gasteiger charge is -2.36. The van der Waals surface area contributed by atoms with Gasteiger partial charge in [0.15, 0.2) is 0 Å². The smallest absolute Gasteiger partial charge is 0.0320 e. The summed E-state index contributed by atoms with van der Waals surface area (Å²) in [5, 5.41) is 0. The van der Waals surface area contributed by atoms with Crippen LogP contribution >= 0.6 is 22.6 Å². The van der Waals surface area contributed by atoms with E-state index in [9.17, 15) is 0 Å². The van der Waals surface area contributed by atoms with E-state index in [1.807, 2.05) is 0 Å². The quantitative estimate of drug-likeness (QED) is 0.854. The highest BCUT2D eigenvalue weighted by Crippen LogP contribution is 2.26. The molecule has 0 aromatic heterocycles. The van der Waals surface area contributed by atoms with Gasteiger partial charge in [-0.3, -0.25) is 4.90 Å². The Morgan fingerprint density at radius 2 is 2.12 bits per heavy atom. The zero-order valence-corrected chi connectivity index (χ0v) is 12.6. The minimum atomic E-state index is 0.515. The number of halogens is 1. The molecule has 3 heteroatoms. The van der Waals surface area contributed by atoms with Crippen molar-refractivity contribution in [3.05, 3.63) is 33.4 Å². The third-order valence-corrected chi connectivity index (χ3v) is 4.50. The van der Waals surface area contributed by atoms with Gasteiger partial charge in [-0.05, 0) is 79.1 Å². The van der Waals surface area contributed by atoms with Crippen molar-refractivity contribution < 1.29 is 0 Å². The van der Waals surface area contributed by atoms with Gasteiger partial charge in [0.05, 0.1) is 0 Å². The number of likely N-dealkylation sites (tertiary alicyclic amines) is 1. The predicted octanol–water partition coefficient (Wildman–Crippen LogP) is 3.02. The van der Waals surface area contributed by atoms with Crippen LogP contribution in [0, 0.1) is 9.49 Å². The first kappa shape index (κ1) is 13.3. The van der Waals surface area contributed by atoms with Crippen LogP contribution in [0.3, 0.4) is 0 Å². The molecule has 2 N–H and O–H groups in total. The second kappa shape index (κ2) is 6.16. The molecular formula is C14H21IN2. The van der Waals surface area contributed by atoms with E-state index in [1.165, 1.54) is 28.5 Å². The average Bonchev–Trinajstić information content (AvgIpc) is 2.39. The van der Waals surface area contributed by atoms with E-state index >= 15 is 0 Å². The molecular weight excluding hydrogens is 323 g/mol. The standard InChI is InChI=1S/C14H21IN2/c1-11(13-4-6-14(15)7-5-13)17-8-2-3-12(9-16)10-17/h4-7,11-12H,2-3,8-10,16H2,1H3. The molecule has 2 unspecified atom stereocenters. The lowest BCUT2D eigenvalue weighted by molar-refractivity contribution is 0.134. The third kappa shape index (κ3) is 3.42. The highest BCUT2D eigenvalue weighted by molar-refractivity contribution is 14.1. The lowest BCUT2D eigenvalue weighted by Crippen LogP contribution is -2.39. The number of hydrogen-bond acceptors (Lipinski definition) is 2. The summed E-state index contributed by atoms with van der Waals surface area (Å²) in [6.45, 7) is 5.50. The van der Waals surface area contributed by atoms with Gasteiger partial charge in [0.25, 0.3) is 0 Å². The second-order valence-corrected chi connectivity index (χ2v) is 6.21. The maximum absolute atomic E-state index is 5.80. The summed E-state index contributed by atoms with van der Waals surface area (Å²) in [5.41, 5.74) is 7.22. The number of nitrogens with two attached hydrogens (primary N) is 1. The minimum Gasteiger partial charge on any atom is -0.330 e. The van der Waals surface area contributed by atoms with Crippen molar-refractivity contribution >= 4 is 22.6 Å². The molecule has 1 aromatic carbocycles. The molecule has 0 radical (unpaired) electrons. The van der Waals surface area contributed by atoms with Crippen LogP contribution in [0.25, 0.3) is 0 Å². The average molecular weight is 344 g/mol. The summed E-state index contributed by atoms with van der Waals surface area (Å²) in [6, 6.07) is 9.39. The molecule has 2 nitrogen and oxygen atoms in total. The maximum Gasteiger partial charge on any atom is 0.0320 e. The van der Waals surface area contributed by atoms with Crippen LogP contribution in [0.4, 0.5) is 0 Å². The first-order valence-electron chi connectivity index (χ1n) is 6.40. The fourth-order valence-electron chi connectivity index (χ4n) is 2.59. The summed E-state index contributed by atoms with van der Waals surface area (Å²) in [6.07, 6.45) is 2.59. The van der Waals surface area contributed by atoms with E-state index < -0.39 is 0 Å². The number of piperidine rings is 1. The van der Waals surface area contributed by atoms with E-state index in [4.69, 9.17) is 5.73 Å². The molecule has 94 valence electrons. The molecule has 0 spiro atoms. The van der Waals surface area contributed by atoms with Gasteiger partial charge < -0.3 is 5.73 Å². The number of rotatable bonds is 3. The van der Waals surface area contributed by atoms with Gasteiger partial charge in [-0.25, -0.2) is 0 Å². The molecule has 1 heterocycles. The molecule has 2 rings (SSSR count). The Morgan fingerprint density at radius 3 is 2.76 bits per heavy atom. The Morgan fingerprint density at radius 1 is 1.41 bits per heavy atom. The molecule has 1 aromatic rings. The van der Waals surface area contributed by atoms with Crippen molar-refractivity contribution in [2.24, 2.45) is 11.7 Å². The van der Waals surface area contributed by atoms with Gasteiger partial charge in [0, 0.05) is 16.2 Å². The van der Waals surface area contributed by atoms with Crippen molar-refractivity contribution in [1.82, 2.24) is 4.90 Å². The fourth-order valence-corrected chi connectivity index (χ4v) is 2.95. The van der Waals surface area contributed by atoms with E-state index in [1.54, 1.807) is 0 Å². The Bertz CT molecular complexity index is 350. The molecule has 1 aliphatic heterocycles. The summed E-state index contributed by atoms with van der Waals surface area (Å²) < 4.78 is 1.30. The number of hydrogen-bond donors (Lipinski definition) is 1. The summed E-state index contributed by atoms with van der Waals surface area (Å²) in [7, 11) is 0. The Labute approximate surface area is 118 Å². The van der Waals surface area contributed by atoms with Crippen LogP contribution in [0.15, 0.2) is 24.3 Å². The van der Waals surface area contributed by atoms with Crippen LogP contribution in [0.5, 0.6) is 0 Å². The van der Waals surface area contributed by atoms with Crippen LogP contribution in [0.1, 0.15) is 31.4 Å². The van der Waals surface area contributed by atoms with Crippen molar-refractivity contribution in [2.75, 3.05) is 19.6 Å². The van der Waals surface area contributed by atoms with Crippen molar-refractivity contribution in [1.29, 1.82) is 0 Å². The monoisotopic (exact) mass is 344 g/mol. The molecule has 1 aliphatic rings. The largest absolute Gasteiger partial charge is 0.330 e. The van der Waals surface area contributed by atoms with Gasteiger partial charge in [0.2, 0.25) is 0 Å². The van der Waals surface area contributed by atoms with Gasteiger partial charge in [-0.2, -0.15) is 0 Å². The van der Waals surface area contributed by atoms with Crippen LogP contribution in [0.2, 0.25) is 0 Å². The Balaban J connectivity index is 2.03. The number of benzene rings is 1. The molecule has 1 fully saturated rings. The molecule has 0 bridgehead atoms. The molecule has 17 heavy (non-hydrogen) atoms. The van der Waals surface area contributed by atoms with E-state index in [2.05, 4.69) is 58.7 Å². The molecule has 0 aliphatic carbocycles. The highest BCUT2D eigenvalue weighted by Gasteiger charge is 2.23. The summed E-state index contributed by atoms with van der Waals surface area (Å²) in [4.78, 5) is 2.57. The third-order valence-electron chi connectivity index (χ3n) is 3.78. The maximum atomic E-state index is 5.80. The van der Waals surface area contributed by atoms with Crippen LogP contribution < -0.4 is 5.73 Å². The second-order valence-electron chi connectivity index (χ2n) is 4.97. The van der Waals surface area contributed by atoms with E-state index in [0.29, 0.717) is 12.0 Å². The fraction of sp³-hybridized carbons (Fsp3) is 0.571. The molecule has 0 saturated carbocycles. The Kier molecular flexibility index (Phi) is 4.82. The normalized spacial score (nSPS) is 23.6. The highest BCUT2D eigenvalue weighted by atomic mass is 127.